The summed E-state index contributed by atoms with van der Waals surface area (Å²) in [6, 6.07) is 18.8. The maximum Gasteiger partial charge on any atom is 0.416 e. The van der Waals surface area contributed by atoms with Crippen LogP contribution in [0.2, 0.25) is 5.02 Å². The summed E-state index contributed by atoms with van der Waals surface area (Å²) >= 11 is 6.40. The van der Waals surface area contributed by atoms with Gasteiger partial charge in [-0.1, -0.05) is 54.8 Å². The number of alkyl halides is 3. The Balaban J connectivity index is 1.40. The molecule has 2 amide bonds. The second-order valence-corrected chi connectivity index (χ2v) is 11.8. The first kappa shape index (κ1) is 30.0. The van der Waals surface area contributed by atoms with Gasteiger partial charge in [0, 0.05) is 30.4 Å². The van der Waals surface area contributed by atoms with Gasteiger partial charge in [-0.3, -0.25) is 9.59 Å². The van der Waals surface area contributed by atoms with Crippen LogP contribution in [-0.4, -0.2) is 29.3 Å². The van der Waals surface area contributed by atoms with Gasteiger partial charge >= 0.3 is 6.18 Å². The molecule has 0 radical (unpaired) electrons. The molecule has 1 saturated carbocycles. The Morgan fingerprint density at radius 2 is 1.62 bits per heavy atom. The summed E-state index contributed by atoms with van der Waals surface area (Å²) < 4.78 is 40.3. The zero-order valence-corrected chi connectivity index (χ0v) is 24.3. The summed E-state index contributed by atoms with van der Waals surface area (Å²) in [6.45, 7) is 1.89. The highest BCUT2D eigenvalue weighted by Crippen LogP contribution is 2.40. The van der Waals surface area contributed by atoms with E-state index < -0.39 is 23.7 Å². The van der Waals surface area contributed by atoms with Crippen molar-refractivity contribution in [2.24, 2.45) is 5.92 Å². The van der Waals surface area contributed by atoms with E-state index in [0.29, 0.717) is 36.0 Å². The summed E-state index contributed by atoms with van der Waals surface area (Å²) in [7, 11) is 0. The Morgan fingerprint density at radius 3 is 2.31 bits per heavy atom. The molecule has 0 bridgehead atoms. The van der Waals surface area contributed by atoms with Crippen molar-refractivity contribution in [2.75, 3.05) is 17.2 Å². The number of carbonyl (C=O) groups excluding carboxylic acids is 2. The van der Waals surface area contributed by atoms with E-state index in [0.717, 1.165) is 30.2 Å². The molecule has 3 aromatic rings. The Hall–Kier alpha value is -3.52. The van der Waals surface area contributed by atoms with Crippen molar-refractivity contribution in [3.63, 3.8) is 0 Å². The van der Waals surface area contributed by atoms with E-state index in [-0.39, 0.29) is 29.5 Å². The molecule has 2 atom stereocenters. The molecule has 5 nitrogen and oxygen atoms in total. The zero-order valence-electron chi connectivity index (χ0n) is 23.5. The quantitative estimate of drug-likeness (QED) is 0.286. The minimum Gasteiger partial charge on any atom is -0.382 e. The number of amides is 2. The maximum absolute atomic E-state index is 13.8. The molecular weight excluding hydrogens is 563 g/mol. The van der Waals surface area contributed by atoms with E-state index in [9.17, 15) is 22.8 Å². The van der Waals surface area contributed by atoms with E-state index in [4.69, 9.17) is 11.6 Å². The Labute approximate surface area is 249 Å². The lowest BCUT2D eigenvalue weighted by atomic mass is 9.81. The van der Waals surface area contributed by atoms with Crippen LogP contribution < -0.4 is 10.6 Å². The number of likely N-dealkylation sites (tertiary alicyclic amines) is 1. The molecule has 42 heavy (non-hydrogen) atoms. The summed E-state index contributed by atoms with van der Waals surface area (Å²) in [4.78, 5) is 28.8. The van der Waals surface area contributed by atoms with Gasteiger partial charge in [-0.05, 0) is 86.1 Å². The minimum atomic E-state index is -4.52. The minimum absolute atomic E-state index is 0.0499. The molecule has 0 spiro atoms. The molecule has 2 aliphatic rings. The Bertz CT molecular complexity index is 1420. The third kappa shape index (κ3) is 6.92. The van der Waals surface area contributed by atoms with Gasteiger partial charge in [-0.2, -0.15) is 13.2 Å². The number of halogens is 4. The lowest BCUT2D eigenvalue weighted by molar-refractivity contribution is -0.138. The normalized spacial score (nSPS) is 19.5. The highest BCUT2D eigenvalue weighted by molar-refractivity contribution is 6.33. The topological polar surface area (TPSA) is 61.4 Å². The van der Waals surface area contributed by atoms with Crippen LogP contribution in [0, 0.1) is 12.8 Å². The summed E-state index contributed by atoms with van der Waals surface area (Å²) in [5, 5.41) is 6.61. The van der Waals surface area contributed by atoms with E-state index in [2.05, 4.69) is 10.6 Å². The highest BCUT2D eigenvalue weighted by atomic mass is 35.5. The van der Waals surface area contributed by atoms with E-state index in [1.54, 1.807) is 29.2 Å². The largest absolute Gasteiger partial charge is 0.416 e. The third-order valence-corrected chi connectivity index (χ3v) is 8.70. The molecule has 1 aliphatic heterocycles. The molecule has 2 fully saturated rings. The van der Waals surface area contributed by atoms with Crippen LogP contribution in [0.5, 0.6) is 0 Å². The maximum atomic E-state index is 13.8. The first-order valence-corrected chi connectivity index (χ1v) is 14.9. The van der Waals surface area contributed by atoms with Gasteiger partial charge in [0.05, 0.1) is 22.2 Å². The first-order valence-electron chi connectivity index (χ1n) is 14.5. The van der Waals surface area contributed by atoms with Gasteiger partial charge in [0.15, 0.2) is 0 Å². The number of aryl methyl sites for hydroxylation is 1. The monoisotopic (exact) mass is 597 g/mol. The summed E-state index contributed by atoms with van der Waals surface area (Å²) in [5.41, 5.74) is 1.72. The van der Waals surface area contributed by atoms with Crippen LogP contribution >= 0.6 is 11.6 Å². The van der Waals surface area contributed by atoms with Gasteiger partial charge in [0.2, 0.25) is 5.91 Å². The standard InChI is InChI=1S/C33H35ClF3N3O2/c1-21-12-15-26(20-28(21)33(35,36)37)39-30(41)19-23-7-6-18-40(32(42)27-10-4-5-11-29(27)34)31(23)22-13-16-25(17-14-22)38-24-8-2-3-9-24/h4-5,10-17,20,23-24,31,38H,2-3,6-9,18-19H2,1H3,(H,39,41)/t23-,31?/m1/s1. The van der Waals surface area contributed by atoms with Crippen molar-refractivity contribution >= 4 is 34.8 Å². The molecule has 1 aliphatic carbocycles. The molecule has 1 saturated heterocycles. The van der Waals surface area contributed by atoms with Gasteiger partial charge in [-0.25, -0.2) is 0 Å². The smallest absolute Gasteiger partial charge is 0.382 e. The lowest BCUT2D eigenvalue weighted by Crippen LogP contribution is -2.43. The van der Waals surface area contributed by atoms with Crippen LogP contribution in [-0.2, 0) is 11.0 Å². The molecule has 1 unspecified atom stereocenters. The van der Waals surface area contributed by atoms with Crippen molar-refractivity contribution in [2.45, 2.75) is 70.1 Å². The lowest BCUT2D eigenvalue weighted by Gasteiger charge is -2.42. The van der Waals surface area contributed by atoms with E-state index in [1.165, 1.54) is 31.9 Å². The predicted octanol–water partition coefficient (Wildman–Crippen LogP) is 8.64. The number of carbonyl (C=O) groups is 2. The van der Waals surface area contributed by atoms with E-state index >= 15 is 0 Å². The SMILES string of the molecule is Cc1ccc(NC(=O)C[C@H]2CCCN(C(=O)c3ccccc3Cl)C2c2ccc(NC3CCCC3)cc2)cc1C(F)(F)F. The second-order valence-electron chi connectivity index (χ2n) is 11.4. The van der Waals surface area contributed by atoms with Gasteiger partial charge < -0.3 is 15.5 Å². The fraction of sp³-hybridized carbons (Fsp3) is 0.394. The molecule has 222 valence electrons. The third-order valence-electron chi connectivity index (χ3n) is 8.37. The molecule has 3 aromatic carbocycles. The van der Waals surface area contributed by atoms with Crippen LogP contribution in [0.4, 0.5) is 24.5 Å². The Morgan fingerprint density at radius 1 is 0.929 bits per heavy atom. The van der Waals surface area contributed by atoms with Crippen LogP contribution in [0.15, 0.2) is 66.7 Å². The molecule has 5 rings (SSSR count). The van der Waals surface area contributed by atoms with Crippen LogP contribution in [0.25, 0.3) is 0 Å². The number of benzene rings is 3. The average Bonchev–Trinajstić information content (AvgIpc) is 3.47. The number of hydrogen-bond acceptors (Lipinski definition) is 3. The number of hydrogen-bond donors (Lipinski definition) is 2. The molecule has 2 N–H and O–H groups in total. The van der Waals surface area contributed by atoms with Crippen molar-refractivity contribution in [1.82, 2.24) is 4.90 Å². The number of nitrogens with zero attached hydrogens (tertiary/aromatic N) is 1. The molecule has 0 aromatic heterocycles. The van der Waals surface area contributed by atoms with Crippen molar-refractivity contribution in [3.8, 4) is 0 Å². The predicted molar refractivity (Wildman–Crippen MR) is 160 cm³/mol. The first-order chi connectivity index (χ1) is 20.1. The summed E-state index contributed by atoms with van der Waals surface area (Å²) in [5.74, 6) is -0.850. The highest BCUT2D eigenvalue weighted by Gasteiger charge is 2.38. The van der Waals surface area contributed by atoms with Crippen LogP contribution in [0.1, 0.15) is 78.0 Å². The van der Waals surface area contributed by atoms with Gasteiger partial charge in [0.1, 0.15) is 0 Å². The van der Waals surface area contributed by atoms with Gasteiger partial charge in [0.25, 0.3) is 5.91 Å². The number of rotatable bonds is 7. The number of piperidine rings is 1. The number of anilines is 2. The summed E-state index contributed by atoms with van der Waals surface area (Å²) in [6.07, 6.45) is 1.65. The second kappa shape index (κ2) is 12.8. The average molecular weight is 598 g/mol. The van der Waals surface area contributed by atoms with Crippen LogP contribution in [0.3, 0.4) is 0 Å². The molecular formula is C33H35ClF3N3O2. The van der Waals surface area contributed by atoms with Gasteiger partial charge in [-0.15, -0.1) is 0 Å². The zero-order chi connectivity index (χ0) is 29.9. The van der Waals surface area contributed by atoms with Crippen molar-refractivity contribution in [3.05, 3.63) is 94.0 Å². The van der Waals surface area contributed by atoms with E-state index in [1.807, 2.05) is 24.3 Å². The number of nitrogens with one attached hydrogen (secondary N) is 2. The molecule has 1 heterocycles. The fourth-order valence-corrected chi connectivity index (χ4v) is 6.51. The molecule has 9 heteroatoms. The fourth-order valence-electron chi connectivity index (χ4n) is 6.30. The van der Waals surface area contributed by atoms with Crippen molar-refractivity contribution < 1.29 is 22.8 Å². The van der Waals surface area contributed by atoms with Crippen molar-refractivity contribution in [1.29, 1.82) is 0 Å². The Kier molecular flexibility index (Phi) is 9.11.